The Labute approximate surface area is 75.6 Å². The van der Waals surface area contributed by atoms with Crippen LogP contribution in [0, 0.1) is 0 Å². The predicted molar refractivity (Wildman–Crippen MR) is 32.4 cm³/mol. The molecular formula is C6H14HfO2. The van der Waals surface area contributed by atoms with E-state index in [1.165, 1.54) is 0 Å². The maximum absolute atomic E-state index is 4.80. The second-order valence-electron chi connectivity index (χ2n) is 2.29. The maximum Gasteiger partial charge on any atom is 0.0874 e. The van der Waals surface area contributed by atoms with Gasteiger partial charge in [0.2, 0.25) is 0 Å². The molecule has 0 unspecified atom stereocenters. The van der Waals surface area contributed by atoms with Crippen molar-refractivity contribution in [2.45, 2.75) is 39.9 Å². The van der Waals surface area contributed by atoms with E-state index in [-0.39, 0.29) is 38.1 Å². The number of rotatable bonds is 3. The van der Waals surface area contributed by atoms with E-state index in [0.29, 0.717) is 0 Å². The Bertz CT molecular complexity index is 47.0. The zero-order valence-electron chi connectivity index (χ0n) is 6.47. The van der Waals surface area contributed by atoms with Gasteiger partial charge in [0.1, 0.15) is 0 Å². The first-order valence-corrected chi connectivity index (χ1v) is 2.95. The van der Waals surface area contributed by atoms with Gasteiger partial charge in [-0.05, 0) is 27.7 Å². The molecule has 54 valence electrons. The second-order valence-corrected chi connectivity index (χ2v) is 2.29. The van der Waals surface area contributed by atoms with Crippen molar-refractivity contribution >= 4 is 0 Å². The zero-order valence-corrected chi connectivity index (χ0v) is 10.1. The summed E-state index contributed by atoms with van der Waals surface area (Å²) in [5.74, 6) is 0. The molecule has 0 aliphatic carbocycles. The molecule has 0 amide bonds. The molecule has 0 aromatic heterocycles. The Balaban J connectivity index is 0. The predicted octanol–water partition coefficient (Wildman–Crippen LogP) is 1.75. The van der Waals surface area contributed by atoms with Gasteiger partial charge in [-0.2, -0.15) is 0 Å². The van der Waals surface area contributed by atoms with Gasteiger partial charge in [0.05, 0.1) is 12.2 Å². The largest absolute Gasteiger partial charge is 0.234 e. The van der Waals surface area contributed by atoms with E-state index in [1.54, 1.807) is 0 Å². The van der Waals surface area contributed by atoms with Gasteiger partial charge in [-0.1, -0.05) is 0 Å². The average Bonchev–Trinajstić information content (AvgIpc) is 1.61. The standard InChI is InChI=1S/C6H14O2.Hf/c1-5(2)7-8-6(3)4;/h5-6H,1-4H3;. The van der Waals surface area contributed by atoms with Crippen LogP contribution in [0.5, 0.6) is 0 Å². The van der Waals surface area contributed by atoms with Crippen LogP contribution in [0.4, 0.5) is 0 Å². The monoisotopic (exact) mass is 298 g/mol. The fourth-order valence-corrected chi connectivity index (χ4v) is 0.222. The van der Waals surface area contributed by atoms with E-state index in [9.17, 15) is 0 Å². The van der Waals surface area contributed by atoms with Gasteiger partial charge in [0, 0.05) is 25.8 Å². The molecule has 2 nitrogen and oxygen atoms in total. The summed E-state index contributed by atoms with van der Waals surface area (Å²) in [6.45, 7) is 7.73. The summed E-state index contributed by atoms with van der Waals surface area (Å²) in [5, 5.41) is 0. The number of hydrogen-bond donors (Lipinski definition) is 0. The fourth-order valence-electron chi connectivity index (χ4n) is 0.222. The third-order valence-electron chi connectivity index (χ3n) is 0.440. The van der Waals surface area contributed by atoms with E-state index in [2.05, 4.69) is 0 Å². The van der Waals surface area contributed by atoms with Gasteiger partial charge >= 0.3 is 0 Å². The van der Waals surface area contributed by atoms with Crippen LogP contribution in [0.15, 0.2) is 0 Å². The molecule has 0 heterocycles. The van der Waals surface area contributed by atoms with Crippen LogP contribution in [0.1, 0.15) is 27.7 Å². The van der Waals surface area contributed by atoms with Crippen molar-refractivity contribution in [1.29, 1.82) is 0 Å². The average molecular weight is 297 g/mol. The van der Waals surface area contributed by atoms with E-state index in [0.717, 1.165) is 0 Å². The summed E-state index contributed by atoms with van der Waals surface area (Å²) in [5.41, 5.74) is 0. The van der Waals surface area contributed by atoms with Crippen molar-refractivity contribution in [2.75, 3.05) is 0 Å². The molecule has 0 aliphatic rings. The van der Waals surface area contributed by atoms with Crippen LogP contribution in [-0.4, -0.2) is 12.2 Å². The molecule has 0 saturated carbocycles. The van der Waals surface area contributed by atoms with Crippen molar-refractivity contribution in [1.82, 2.24) is 0 Å². The minimum atomic E-state index is 0. The van der Waals surface area contributed by atoms with Crippen molar-refractivity contribution in [2.24, 2.45) is 0 Å². The number of hydrogen-bond acceptors (Lipinski definition) is 2. The van der Waals surface area contributed by atoms with Crippen LogP contribution in [-0.2, 0) is 35.6 Å². The minimum absolute atomic E-state index is 0. The van der Waals surface area contributed by atoms with Crippen LogP contribution in [0.3, 0.4) is 0 Å². The molecule has 0 atom stereocenters. The minimum Gasteiger partial charge on any atom is -0.234 e. The molecule has 0 aromatic carbocycles. The Hall–Kier alpha value is 0.790. The molecule has 0 aromatic rings. The normalized spacial score (nSPS) is 10.0. The topological polar surface area (TPSA) is 18.5 Å². The van der Waals surface area contributed by atoms with Crippen molar-refractivity contribution in [3.8, 4) is 0 Å². The van der Waals surface area contributed by atoms with Gasteiger partial charge in [0.25, 0.3) is 0 Å². The van der Waals surface area contributed by atoms with Gasteiger partial charge < -0.3 is 0 Å². The molecule has 3 heteroatoms. The summed E-state index contributed by atoms with van der Waals surface area (Å²) in [6, 6.07) is 0. The van der Waals surface area contributed by atoms with E-state index in [1.807, 2.05) is 27.7 Å². The van der Waals surface area contributed by atoms with Gasteiger partial charge in [-0.3, -0.25) is 0 Å². The molecule has 0 bridgehead atoms. The van der Waals surface area contributed by atoms with Crippen LogP contribution in [0.25, 0.3) is 0 Å². The molecule has 0 aliphatic heterocycles. The summed E-state index contributed by atoms with van der Waals surface area (Å²) >= 11 is 0. The molecular weight excluding hydrogens is 283 g/mol. The molecule has 0 saturated heterocycles. The summed E-state index contributed by atoms with van der Waals surface area (Å²) in [7, 11) is 0. The van der Waals surface area contributed by atoms with Crippen LogP contribution >= 0.6 is 0 Å². The molecule has 9 heavy (non-hydrogen) atoms. The van der Waals surface area contributed by atoms with E-state index >= 15 is 0 Å². The molecule has 0 spiro atoms. The second kappa shape index (κ2) is 6.90. The third kappa shape index (κ3) is 12.1. The Morgan fingerprint density at radius 2 is 1.00 bits per heavy atom. The van der Waals surface area contributed by atoms with Gasteiger partial charge in [0.15, 0.2) is 0 Å². The first kappa shape index (κ1) is 12.5. The fraction of sp³-hybridized carbons (Fsp3) is 1.00. The van der Waals surface area contributed by atoms with Crippen molar-refractivity contribution in [3.05, 3.63) is 0 Å². The first-order chi connectivity index (χ1) is 3.63. The summed E-state index contributed by atoms with van der Waals surface area (Å²) < 4.78 is 0. The smallest absolute Gasteiger partial charge is 0.0874 e. The molecule has 0 rings (SSSR count). The first-order valence-electron chi connectivity index (χ1n) is 2.95. The van der Waals surface area contributed by atoms with E-state index < -0.39 is 0 Å². The quantitative estimate of drug-likeness (QED) is 0.449. The van der Waals surface area contributed by atoms with Crippen LogP contribution < -0.4 is 0 Å². The van der Waals surface area contributed by atoms with Crippen LogP contribution in [0.2, 0.25) is 0 Å². The summed E-state index contributed by atoms with van der Waals surface area (Å²) in [6.07, 6.45) is 0.329. The summed E-state index contributed by atoms with van der Waals surface area (Å²) in [4.78, 5) is 9.61. The molecule has 0 N–H and O–H groups in total. The Kier molecular flexibility index (Phi) is 9.56. The Morgan fingerprint density at radius 3 is 1.11 bits per heavy atom. The molecule has 0 fully saturated rings. The Morgan fingerprint density at radius 1 is 0.778 bits per heavy atom. The van der Waals surface area contributed by atoms with Crippen molar-refractivity contribution < 1.29 is 35.6 Å². The zero-order chi connectivity index (χ0) is 6.57. The third-order valence-corrected chi connectivity index (χ3v) is 0.440. The van der Waals surface area contributed by atoms with E-state index in [4.69, 9.17) is 9.78 Å². The maximum atomic E-state index is 4.80. The molecule has 0 radical (unpaired) electrons. The van der Waals surface area contributed by atoms with Gasteiger partial charge in [-0.15, -0.1) is 0 Å². The van der Waals surface area contributed by atoms with Crippen molar-refractivity contribution in [3.63, 3.8) is 0 Å². The SMILES string of the molecule is CC(C)OOC(C)C.[Hf]. The van der Waals surface area contributed by atoms with Gasteiger partial charge in [-0.25, -0.2) is 9.78 Å².